The molecule has 1 heterocycles. The number of rotatable bonds is 3. The van der Waals surface area contributed by atoms with Crippen LogP contribution in [0, 0.1) is 0 Å². The van der Waals surface area contributed by atoms with Gasteiger partial charge in [-0.2, -0.15) is 0 Å². The van der Waals surface area contributed by atoms with Gasteiger partial charge in [-0.3, -0.25) is 9.78 Å². The maximum absolute atomic E-state index is 12.2. The number of carbonyl (C=O) groups excluding carboxylic acids is 1. The van der Waals surface area contributed by atoms with Crippen LogP contribution in [0.1, 0.15) is 10.4 Å². The number of ether oxygens (including phenoxy) is 1. The lowest BCUT2D eigenvalue weighted by molar-refractivity contribution is 0.102. The first kappa shape index (κ1) is 15.1. The van der Waals surface area contributed by atoms with E-state index in [2.05, 4.69) is 26.2 Å². The monoisotopic (exact) mass is 374 g/mol. The van der Waals surface area contributed by atoms with Crippen LogP contribution < -0.4 is 10.1 Å². The zero-order valence-electron chi connectivity index (χ0n) is 10.3. The highest BCUT2D eigenvalue weighted by atomic mass is 79.9. The van der Waals surface area contributed by atoms with Crippen LogP contribution in [0.15, 0.2) is 35.1 Å². The molecule has 1 amide bonds. The Hall–Kier alpha value is -1.30. The summed E-state index contributed by atoms with van der Waals surface area (Å²) in [6.45, 7) is 0. The number of carbonyl (C=O) groups is 1. The van der Waals surface area contributed by atoms with Crippen LogP contribution in [-0.2, 0) is 0 Å². The molecule has 0 radical (unpaired) electrons. The number of aromatic nitrogens is 1. The average molecular weight is 376 g/mol. The zero-order chi connectivity index (χ0) is 14.7. The summed E-state index contributed by atoms with van der Waals surface area (Å²) in [6, 6.07) is 4.81. The molecule has 0 aliphatic carbocycles. The SMILES string of the molecule is COc1c(Br)cc(Cl)cc1NC(=O)c1cnccc1Cl. The second-order valence-corrected chi connectivity index (χ2v) is 5.48. The maximum Gasteiger partial charge on any atom is 0.258 e. The van der Waals surface area contributed by atoms with Gasteiger partial charge in [0, 0.05) is 17.4 Å². The lowest BCUT2D eigenvalue weighted by Gasteiger charge is -2.12. The molecule has 0 saturated heterocycles. The van der Waals surface area contributed by atoms with Gasteiger partial charge in [-0.25, -0.2) is 0 Å². The second kappa shape index (κ2) is 6.43. The molecular formula is C13H9BrCl2N2O2. The number of hydrogen-bond acceptors (Lipinski definition) is 3. The summed E-state index contributed by atoms with van der Waals surface area (Å²) in [5.74, 6) is 0.0818. The molecule has 0 aliphatic heterocycles. The highest BCUT2D eigenvalue weighted by molar-refractivity contribution is 9.10. The highest BCUT2D eigenvalue weighted by Crippen LogP contribution is 2.36. The van der Waals surface area contributed by atoms with E-state index in [9.17, 15) is 4.79 Å². The topological polar surface area (TPSA) is 51.2 Å². The van der Waals surface area contributed by atoms with Crippen LogP contribution in [0.2, 0.25) is 10.0 Å². The smallest absolute Gasteiger partial charge is 0.258 e. The van der Waals surface area contributed by atoms with E-state index in [1.807, 2.05) is 0 Å². The first-order chi connectivity index (χ1) is 9.52. The number of hydrogen-bond donors (Lipinski definition) is 1. The number of nitrogens with one attached hydrogen (secondary N) is 1. The van der Waals surface area contributed by atoms with Gasteiger partial charge in [-0.05, 0) is 34.1 Å². The maximum atomic E-state index is 12.2. The standard InChI is InChI=1S/C13H9BrCl2N2O2/c1-20-12-9(14)4-7(15)5-11(12)18-13(19)8-6-17-3-2-10(8)16/h2-6H,1H3,(H,18,19). The molecule has 104 valence electrons. The van der Waals surface area contributed by atoms with E-state index in [4.69, 9.17) is 27.9 Å². The Labute approximate surface area is 134 Å². The molecule has 0 spiro atoms. The summed E-state index contributed by atoms with van der Waals surface area (Å²) in [7, 11) is 1.50. The molecule has 0 unspecified atom stereocenters. The minimum absolute atomic E-state index is 0.271. The molecule has 0 bridgehead atoms. The van der Waals surface area contributed by atoms with Gasteiger partial charge < -0.3 is 10.1 Å². The third kappa shape index (κ3) is 3.23. The Morgan fingerprint density at radius 2 is 2.15 bits per heavy atom. The van der Waals surface area contributed by atoms with E-state index in [0.717, 1.165) is 0 Å². The second-order valence-electron chi connectivity index (χ2n) is 3.78. The van der Waals surface area contributed by atoms with Crippen LogP contribution >= 0.6 is 39.1 Å². The Bertz CT molecular complexity index is 665. The van der Waals surface area contributed by atoms with Crippen molar-refractivity contribution in [3.63, 3.8) is 0 Å². The van der Waals surface area contributed by atoms with Crippen molar-refractivity contribution in [3.05, 3.63) is 50.7 Å². The van der Waals surface area contributed by atoms with Crippen LogP contribution in [0.25, 0.3) is 0 Å². The third-order valence-corrected chi connectivity index (χ3v) is 3.61. The van der Waals surface area contributed by atoms with Gasteiger partial charge in [-0.1, -0.05) is 23.2 Å². The minimum Gasteiger partial charge on any atom is -0.493 e. The van der Waals surface area contributed by atoms with Gasteiger partial charge in [0.25, 0.3) is 5.91 Å². The summed E-state index contributed by atoms with van der Waals surface area (Å²) in [4.78, 5) is 16.1. The van der Waals surface area contributed by atoms with E-state index >= 15 is 0 Å². The molecule has 0 saturated carbocycles. The number of nitrogens with zero attached hydrogens (tertiary/aromatic N) is 1. The Morgan fingerprint density at radius 3 is 2.80 bits per heavy atom. The number of benzene rings is 1. The normalized spacial score (nSPS) is 10.2. The number of pyridine rings is 1. The molecule has 20 heavy (non-hydrogen) atoms. The molecule has 1 N–H and O–H groups in total. The van der Waals surface area contributed by atoms with Crippen molar-refractivity contribution in [3.8, 4) is 5.75 Å². The third-order valence-electron chi connectivity index (χ3n) is 2.47. The molecular weight excluding hydrogens is 367 g/mol. The van der Waals surface area contributed by atoms with E-state index in [-0.39, 0.29) is 5.56 Å². The van der Waals surface area contributed by atoms with Crippen molar-refractivity contribution < 1.29 is 9.53 Å². The molecule has 0 aliphatic rings. The van der Waals surface area contributed by atoms with Crippen molar-refractivity contribution >= 4 is 50.7 Å². The van der Waals surface area contributed by atoms with Gasteiger partial charge in [0.05, 0.1) is 27.9 Å². The summed E-state index contributed by atoms with van der Waals surface area (Å²) in [6.07, 6.45) is 2.90. The van der Waals surface area contributed by atoms with Crippen molar-refractivity contribution in [1.82, 2.24) is 4.98 Å². The number of anilines is 1. The van der Waals surface area contributed by atoms with Gasteiger partial charge in [0.15, 0.2) is 5.75 Å². The quantitative estimate of drug-likeness (QED) is 0.864. The summed E-state index contributed by atoms with van der Waals surface area (Å²) in [5.41, 5.74) is 0.712. The van der Waals surface area contributed by atoms with Gasteiger partial charge in [-0.15, -0.1) is 0 Å². The largest absolute Gasteiger partial charge is 0.493 e. The van der Waals surface area contributed by atoms with Gasteiger partial charge in [0.2, 0.25) is 0 Å². The van der Waals surface area contributed by atoms with Crippen LogP contribution in [0.5, 0.6) is 5.75 Å². The summed E-state index contributed by atoms with van der Waals surface area (Å²) in [5, 5.41) is 3.48. The van der Waals surface area contributed by atoms with E-state index in [1.165, 1.54) is 19.5 Å². The fourth-order valence-electron chi connectivity index (χ4n) is 1.59. The zero-order valence-corrected chi connectivity index (χ0v) is 13.4. The van der Waals surface area contributed by atoms with Crippen molar-refractivity contribution in [2.24, 2.45) is 0 Å². The predicted molar refractivity (Wildman–Crippen MR) is 82.9 cm³/mol. The Morgan fingerprint density at radius 1 is 1.40 bits per heavy atom. The lowest BCUT2D eigenvalue weighted by atomic mass is 10.2. The molecule has 0 fully saturated rings. The fourth-order valence-corrected chi connectivity index (χ4v) is 2.76. The van der Waals surface area contributed by atoms with Gasteiger partial charge in [0.1, 0.15) is 0 Å². The molecule has 0 atom stereocenters. The lowest BCUT2D eigenvalue weighted by Crippen LogP contribution is -2.13. The molecule has 1 aromatic heterocycles. The van der Waals surface area contributed by atoms with Crippen LogP contribution in [-0.4, -0.2) is 18.0 Å². The van der Waals surface area contributed by atoms with Crippen LogP contribution in [0.3, 0.4) is 0 Å². The van der Waals surface area contributed by atoms with Crippen molar-refractivity contribution in [2.45, 2.75) is 0 Å². The minimum atomic E-state index is -0.393. The van der Waals surface area contributed by atoms with E-state index in [1.54, 1.807) is 18.2 Å². The van der Waals surface area contributed by atoms with Crippen molar-refractivity contribution in [1.29, 1.82) is 0 Å². The summed E-state index contributed by atoms with van der Waals surface area (Å²) < 4.78 is 5.87. The average Bonchev–Trinajstić information content (AvgIpc) is 2.38. The first-order valence-corrected chi connectivity index (χ1v) is 7.01. The molecule has 1 aromatic carbocycles. The van der Waals surface area contributed by atoms with E-state index < -0.39 is 5.91 Å². The van der Waals surface area contributed by atoms with Gasteiger partial charge >= 0.3 is 0 Å². The van der Waals surface area contributed by atoms with Crippen LogP contribution in [0.4, 0.5) is 5.69 Å². The van der Waals surface area contributed by atoms with Crippen molar-refractivity contribution in [2.75, 3.05) is 12.4 Å². The number of amides is 1. The first-order valence-electron chi connectivity index (χ1n) is 5.47. The Kier molecular flexibility index (Phi) is 4.86. The molecule has 7 heteroatoms. The number of methoxy groups -OCH3 is 1. The molecule has 2 aromatic rings. The van der Waals surface area contributed by atoms with E-state index in [0.29, 0.717) is 26.0 Å². The number of halogens is 3. The molecule has 4 nitrogen and oxygen atoms in total. The fraction of sp³-hybridized carbons (Fsp3) is 0.0769. The highest BCUT2D eigenvalue weighted by Gasteiger charge is 2.15. The summed E-state index contributed by atoms with van der Waals surface area (Å²) >= 11 is 15.2. The predicted octanol–water partition coefficient (Wildman–Crippen LogP) is 4.41. The Balaban J connectivity index is 2.35. The molecule has 2 rings (SSSR count).